The molecule has 0 heterocycles. The van der Waals surface area contributed by atoms with Gasteiger partial charge in [-0.25, -0.2) is 24.0 Å². The molecule has 0 atom stereocenters. The Morgan fingerprint density at radius 3 is 0.284 bits per heavy atom. The second kappa shape index (κ2) is 32.5. The molecule has 0 aliphatic carbocycles. The van der Waals surface area contributed by atoms with Crippen LogP contribution in [0.5, 0.6) is 0 Å². The maximum Gasteiger partial charge on any atom is 0.336 e. The number of aliphatic carboxylic acids is 15. The minimum atomic E-state index is -2.74. The number of aliphatic hydroxyl groups is 5. The number of rotatable bonds is 25. The van der Waals surface area contributed by atoms with Crippen LogP contribution in [-0.2, 0) is 106 Å². The quantitative estimate of drug-likeness (QED) is 0.0378. The van der Waals surface area contributed by atoms with E-state index < -0.39 is 182 Å². The second-order valence-electron chi connectivity index (χ2n) is 12.4. The van der Waals surface area contributed by atoms with Crippen LogP contribution in [0.25, 0.3) is 0 Å². The van der Waals surface area contributed by atoms with E-state index in [2.05, 4.69) is 0 Å². The molecule has 2 radical (unpaired) electrons. The van der Waals surface area contributed by atoms with Crippen molar-refractivity contribution in [3.63, 3.8) is 0 Å². The fourth-order valence-corrected chi connectivity index (χ4v) is 3.57. The summed E-state index contributed by atoms with van der Waals surface area (Å²) in [5.74, 6) is -25.1. The van der Waals surface area contributed by atoms with Gasteiger partial charge in [0.1, 0.15) is 0 Å². The Balaban J connectivity index is -0.000000133. The maximum atomic E-state index is 10.3. The summed E-state index contributed by atoms with van der Waals surface area (Å²) >= 11 is 0. The topological polar surface area (TPSA) is 661 Å². The van der Waals surface area contributed by atoms with Crippen LogP contribution in [0, 0.1) is 0 Å². The Bertz CT molecular complexity index is 1450. The van der Waals surface area contributed by atoms with E-state index in [-0.39, 0.29) is 34.1 Å². The summed E-state index contributed by atoms with van der Waals surface area (Å²) in [7, 11) is 0. The Labute approximate surface area is 389 Å². The Kier molecular flexibility index (Phi) is 36.0. The van der Waals surface area contributed by atoms with Crippen molar-refractivity contribution < 1.29 is 208 Å². The van der Waals surface area contributed by atoms with E-state index in [4.69, 9.17) is 102 Å². The molecule has 0 bridgehead atoms. The zero-order valence-corrected chi connectivity index (χ0v) is 34.6. The molecule has 0 aliphatic heterocycles. The van der Waals surface area contributed by atoms with Crippen LogP contribution in [0.15, 0.2) is 0 Å². The third kappa shape index (κ3) is 35.9. The van der Waals surface area contributed by atoms with E-state index in [1.165, 1.54) is 0 Å². The molecule has 392 valence electrons. The maximum absolute atomic E-state index is 10.3. The summed E-state index contributed by atoms with van der Waals surface area (Å²) in [6.45, 7) is 0. The molecule has 0 spiro atoms. The van der Waals surface area contributed by atoms with Crippen molar-refractivity contribution in [2.45, 2.75) is 92.2 Å². The summed E-state index contributed by atoms with van der Waals surface area (Å²) < 4.78 is 0. The fraction of sp³-hybridized carbons (Fsp3) is 0.500. The fourth-order valence-electron chi connectivity index (χ4n) is 3.57. The van der Waals surface area contributed by atoms with Crippen LogP contribution in [0.4, 0.5) is 0 Å². The van der Waals surface area contributed by atoms with Gasteiger partial charge in [0.2, 0.25) is 0 Å². The van der Waals surface area contributed by atoms with Gasteiger partial charge in [-0.1, -0.05) is 0 Å². The molecular formula is C30H40Cu2O35. The molecular weight excluding hydrogens is 1050 g/mol. The van der Waals surface area contributed by atoms with Crippen molar-refractivity contribution in [1.82, 2.24) is 0 Å². The van der Waals surface area contributed by atoms with E-state index in [9.17, 15) is 71.9 Å². The first-order valence-corrected chi connectivity index (χ1v) is 15.9. The monoisotopic (exact) mass is 1090 g/mol. The average molecular weight is 1090 g/mol. The molecule has 35 nitrogen and oxygen atoms in total. The number of carboxylic acid groups (broad SMARTS) is 15. The van der Waals surface area contributed by atoms with E-state index >= 15 is 0 Å². The standard InChI is InChI=1S/5C6H8O7.2Cu/c5*7-3(8)1-6(13,5(11)12)2-4(9)10;;/h5*13H,1-2H2,(H,7,8)(H,9,10)(H,11,12);;. The van der Waals surface area contributed by atoms with E-state index in [1.54, 1.807) is 0 Å². The van der Waals surface area contributed by atoms with Gasteiger partial charge in [0, 0.05) is 34.1 Å². The summed E-state index contributed by atoms with van der Waals surface area (Å²) in [4.78, 5) is 152. The van der Waals surface area contributed by atoms with Crippen molar-refractivity contribution in [1.29, 1.82) is 0 Å². The van der Waals surface area contributed by atoms with Crippen molar-refractivity contribution >= 4 is 89.5 Å². The van der Waals surface area contributed by atoms with Crippen molar-refractivity contribution in [3.05, 3.63) is 0 Å². The van der Waals surface area contributed by atoms with Crippen LogP contribution in [0.2, 0.25) is 0 Å². The predicted octanol–water partition coefficient (Wildman–Crippen LogP) is -6.25. The first-order chi connectivity index (χ1) is 28.9. The molecule has 0 saturated carbocycles. The van der Waals surface area contributed by atoms with Gasteiger partial charge in [0.05, 0.1) is 64.2 Å². The van der Waals surface area contributed by atoms with Gasteiger partial charge in [0.15, 0.2) is 28.0 Å². The zero-order chi connectivity index (χ0) is 53.2. The van der Waals surface area contributed by atoms with Crippen molar-refractivity contribution in [2.75, 3.05) is 0 Å². The number of hydrogen-bond donors (Lipinski definition) is 20. The minimum absolute atomic E-state index is 0. The van der Waals surface area contributed by atoms with Crippen LogP contribution in [0.3, 0.4) is 0 Å². The molecule has 67 heavy (non-hydrogen) atoms. The SMILES string of the molecule is O=C(O)CC(O)(CC(=O)O)C(=O)O.O=C(O)CC(O)(CC(=O)O)C(=O)O.O=C(O)CC(O)(CC(=O)O)C(=O)O.O=C(O)CC(O)(CC(=O)O)C(=O)O.O=C(O)CC(O)(CC(=O)O)C(=O)O.[Cu].[Cu]. The molecule has 20 N–H and O–H groups in total. The predicted molar refractivity (Wildman–Crippen MR) is 185 cm³/mol. The Hall–Kier alpha value is -7.11. The molecule has 0 saturated heterocycles. The van der Waals surface area contributed by atoms with E-state index in [0.29, 0.717) is 0 Å². The van der Waals surface area contributed by atoms with Crippen molar-refractivity contribution in [2.24, 2.45) is 0 Å². The van der Waals surface area contributed by atoms with Crippen molar-refractivity contribution in [3.8, 4) is 0 Å². The van der Waals surface area contributed by atoms with Crippen LogP contribution in [0.1, 0.15) is 64.2 Å². The number of carboxylic acids is 15. The van der Waals surface area contributed by atoms with E-state index in [1.807, 2.05) is 0 Å². The van der Waals surface area contributed by atoms with Gasteiger partial charge < -0.3 is 102 Å². The molecule has 0 unspecified atom stereocenters. The largest absolute Gasteiger partial charge is 0.481 e. The normalized spacial score (nSPS) is 10.5. The smallest absolute Gasteiger partial charge is 0.336 e. The average Bonchev–Trinajstić information content (AvgIpc) is 3.01. The third-order valence-corrected chi connectivity index (χ3v) is 6.43. The molecule has 0 rings (SSSR count). The van der Waals surface area contributed by atoms with Crippen LogP contribution >= 0.6 is 0 Å². The summed E-state index contributed by atoms with van der Waals surface area (Å²) in [5.41, 5.74) is -13.7. The van der Waals surface area contributed by atoms with Gasteiger partial charge in [-0.3, -0.25) is 47.9 Å². The minimum Gasteiger partial charge on any atom is -0.481 e. The zero-order valence-electron chi connectivity index (χ0n) is 32.7. The van der Waals surface area contributed by atoms with Gasteiger partial charge in [0.25, 0.3) is 0 Å². The third-order valence-electron chi connectivity index (χ3n) is 6.43. The molecule has 0 amide bonds. The van der Waals surface area contributed by atoms with E-state index in [0.717, 1.165) is 0 Å². The summed E-state index contributed by atoms with van der Waals surface area (Å²) in [6.07, 6.45) is -11.4. The number of carbonyl (C=O) groups is 15. The van der Waals surface area contributed by atoms with Gasteiger partial charge in [-0.05, 0) is 0 Å². The summed E-state index contributed by atoms with van der Waals surface area (Å²) in [5, 5.41) is 169. The van der Waals surface area contributed by atoms with Crippen LogP contribution in [-0.4, -0.2) is 220 Å². The Morgan fingerprint density at radius 1 is 0.194 bits per heavy atom. The van der Waals surface area contributed by atoms with Gasteiger partial charge in [-0.2, -0.15) is 0 Å². The molecule has 0 aromatic carbocycles. The van der Waals surface area contributed by atoms with Gasteiger partial charge >= 0.3 is 89.5 Å². The molecule has 0 aromatic rings. The van der Waals surface area contributed by atoms with Crippen LogP contribution < -0.4 is 0 Å². The molecule has 0 aromatic heterocycles. The number of hydrogen-bond acceptors (Lipinski definition) is 20. The molecule has 0 aliphatic rings. The molecule has 37 heteroatoms. The first-order valence-electron chi connectivity index (χ1n) is 15.9. The first kappa shape index (κ1) is 74.2. The second-order valence-corrected chi connectivity index (χ2v) is 12.4. The molecule has 0 fully saturated rings. The summed E-state index contributed by atoms with van der Waals surface area (Å²) in [6, 6.07) is 0. The van der Waals surface area contributed by atoms with Gasteiger partial charge in [-0.15, -0.1) is 0 Å². The Morgan fingerprint density at radius 2 is 0.254 bits per heavy atom.